The van der Waals surface area contributed by atoms with Crippen molar-refractivity contribution in [1.29, 1.82) is 0 Å². The Kier molecular flexibility index (Phi) is 4.47. The highest BCUT2D eigenvalue weighted by molar-refractivity contribution is 9.10. The van der Waals surface area contributed by atoms with Gasteiger partial charge in [0.1, 0.15) is 5.75 Å². The van der Waals surface area contributed by atoms with Gasteiger partial charge in [-0.1, -0.05) is 28.1 Å². The van der Waals surface area contributed by atoms with Gasteiger partial charge in [-0.3, -0.25) is 0 Å². The lowest BCUT2D eigenvalue weighted by Gasteiger charge is -2.17. The average Bonchev–Trinajstić information content (AvgIpc) is 2.42. The number of hydrogen-bond donors (Lipinski definition) is 1. The SMILES string of the molecule is CN(Cc1ccc(Br)cc1)S(=O)(=O)c1ccc(O)cc1. The van der Waals surface area contributed by atoms with E-state index in [1.54, 1.807) is 0 Å². The molecule has 2 rings (SSSR count). The minimum atomic E-state index is -3.55. The second-order valence-corrected chi connectivity index (χ2v) is 7.34. The highest BCUT2D eigenvalue weighted by Gasteiger charge is 2.20. The molecule has 0 saturated heterocycles. The summed E-state index contributed by atoms with van der Waals surface area (Å²) in [4.78, 5) is 0.162. The lowest BCUT2D eigenvalue weighted by atomic mass is 10.2. The van der Waals surface area contributed by atoms with Crippen LogP contribution < -0.4 is 0 Å². The zero-order valence-electron chi connectivity index (χ0n) is 10.8. The molecule has 0 radical (unpaired) electrons. The van der Waals surface area contributed by atoms with Gasteiger partial charge in [0.15, 0.2) is 0 Å². The zero-order valence-corrected chi connectivity index (χ0v) is 13.2. The predicted molar refractivity (Wildman–Crippen MR) is 80.9 cm³/mol. The summed E-state index contributed by atoms with van der Waals surface area (Å²) >= 11 is 3.34. The third-order valence-electron chi connectivity index (χ3n) is 2.86. The van der Waals surface area contributed by atoms with Crippen molar-refractivity contribution in [2.24, 2.45) is 0 Å². The Morgan fingerprint density at radius 1 is 1.05 bits per heavy atom. The van der Waals surface area contributed by atoms with E-state index in [1.165, 1.54) is 35.6 Å². The van der Waals surface area contributed by atoms with Gasteiger partial charge in [-0.05, 0) is 42.0 Å². The number of aromatic hydroxyl groups is 1. The summed E-state index contributed by atoms with van der Waals surface area (Å²) in [6.07, 6.45) is 0. The molecule has 106 valence electrons. The molecule has 20 heavy (non-hydrogen) atoms. The van der Waals surface area contributed by atoms with E-state index in [2.05, 4.69) is 15.9 Å². The first-order valence-corrected chi connectivity index (χ1v) is 8.13. The van der Waals surface area contributed by atoms with Crippen LogP contribution in [0.15, 0.2) is 57.9 Å². The Balaban J connectivity index is 2.21. The van der Waals surface area contributed by atoms with Gasteiger partial charge in [0.2, 0.25) is 10.0 Å². The minimum Gasteiger partial charge on any atom is -0.508 e. The fourth-order valence-electron chi connectivity index (χ4n) is 1.73. The maximum absolute atomic E-state index is 12.3. The van der Waals surface area contributed by atoms with Gasteiger partial charge in [-0.2, -0.15) is 4.31 Å². The zero-order chi connectivity index (χ0) is 14.8. The van der Waals surface area contributed by atoms with Gasteiger partial charge < -0.3 is 5.11 Å². The van der Waals surface area contributed by atoms with E-state index in [9.17, 15) is 13.5 Å². The minimum absolute atomic E-state index is 0.0412. The van der Waals surface area contributed by atoms with Gasteiger partial charge in [-0.25, -0.2) is 8.42 Å². The molecular weight excluding hydrogens is 342 g/mol. The Labute approximate surface area is 126 Å². The van der Waals surface area contributed by atoms with E-state index in [0.717, 1.165) is 10.0 Å². The standard InChI is InChI=1S/C14H14BrNO3S/c1-16(10-11-2-4-12(15)5-3-11)20(18,19)14-8-6-13(17)7-9-14/h2-9,17H,10H2,1H3. The Hall–Kier alpha value is -1.37. The van der Waals surface area contributed by atoms with Crippen molar-refractivity contribution in [2.75, 3.05) is 7.05 Å². The molecule has 0 fully saturated rings. The van der Waals surface area contributed by atoms with Gasteiger partial charge in [0.05, 0.1) is 4.90 Å². The number of phenols is 1. The molecule has 0 aromatic heterocycles. The number of benzene rings is 2. The van der Waals surface area contributed by atoms with Crippen molar-refractivity contribution >= 4 is 26.0 Å². The fourth-order valence-corrected chi connectivity index (χ4v) is 3.15. The molecule has 2 aromatic rings. The van der Waals surface area contributed by atoms with Crippen LogP contribution in [0.3, 0.4) is 0 Å². The fraction of sp³-hybridized carbons (Fsp3) is 0.143. The van der Waals surface area contributed by atoms with Crippen LogP contribution in [-0.2, 0) is 16.6 Å². The van der Waals surface area contributed by atoms with Gasteiger partial charge >= 0.3 is 0 Å². The smallest absolute Gasteiger partial charge is 0.243 e. The van der Waals surface area contributed by atoms with Crippen molar-refractivity contribution in [3.05, 3.63) is 58.6 Å². The molecule has 0 amide bonds. The lowest BCUT2D eigenvalue weighted by Crippen LogP contribution is -2.26. The quantitative estimate of drug-likeness (QED) is 0.916. The van der Waals surface area contributed by atoms with Crippen molar-refractivity contribution < 1.29 is 13.5 Å². The Morgan fingerprint density at radius 3 is 2.15 bits per heavy atom. The summed E-state index contributed by atoms with van der Waals surface area (Å²) in [7, 11) is -2.02. The molecule has 6 heteroatoms. The number of sulfonamides is 1. The van der Waals surface area contributed by atoms with Gasteiger partial charge in [0, 0.05) is 18.1 Å². The van der Waals surface area contributed by atoms with E-state index in [1.807, 2.05) is 24.3 Å². The summed E-state index contributed by atoms with van der Waals surface area (Å²) in [5.74, 6) is 0.0412. The topological polar surface area (TPSA) is 57.6 Å². The summed E-state index contributed by atoms with van der Waals surface area (Å²) in [5, 5.41) is 9.21. The van der Waals surface area contributed by atoms with Gasteiger partial charge in [0.25, 0.3) is 0 Å². The maximum Gasteiger partial charge on any atom is 0.243 e. The van der Waals surface area contributed by atoms with E-state index < -0.39 is 10.0 Å². The van der Waals surface area contributed by atoms with Crippen LogP contribution in [0, 0.1) is 0 Å². The highest BCUT2D eigenvalue weighted by atomic mass is 79.9. The lowest BCUT2D eigenvalue weighted by molar-refractivity contribution is 0.464. The normalized spacial score (nSPS) is 11.8. The summed E-state index contributed by atoms with van der Waals surface area (Å²) < 4.78 is 26.9. The highest BCUT2D eigenvalue weighted by Crippen LogP contribution is 2.20. The summed E-state index contributed by atoms with van der Waals surface area (Å²) in [5.41, 5.74) is 0.901. The maximum atomic E-state index is 12.3. The first-order valence-electron chi connectivity index (χ1n) is 5.89. The monoisotopic (exact) mass is 355 g/mol. The molecular formula is C14H14BrNO3S. The van der Waals surface area contributed by atoms with E-state index >= 15 is 0 Å². The molecule has 1 N–H and O–H groups in total. The number of halogens is 1. The van der Waals surface area contributed by atoms with E-state index in [0.29, 0.717) is 0 Å². The van der Waals surface area contributed by atoms with Crippen LogP contribution in [0.1, 0.15) is 5.56 Å². The van der Waals surface area contributed by atoms with Crippen LogP contribution >= 0.6 is 15.9 Å². The summed E-state index contributed by atoms with van der Waals surface area (Å²) in [6.45, 7) is 0.288. The molecule has 0 bridgehead atoms. The van der Waals surface area contributed by atoms with Crippen LogP contribution in [-0.4, -0.2) is 24.9 Å². The Bertz CT molecular complexity index is 681. The van der Waals surface area contributed by atoms with Crippen LogP contribution in [0.4, 0.5) is 0 Å². The average molecular weight is 356 g/mol. The predicted octanol–water partition coefficient (Wildman–Crippen LogP) is 2.98. The number of hydrogen-bond acceptors (Lipinski definition) is 3. The molecule has 0 heterocycles. The largest absolute Gasteiger partial charge is 0.508 e. The van der Waals surface area contributed by atoms with Crippen molar-refractivity contribution in [2.45, 2.75) is 11.4 Å². The second-order valence-electron chi connectivity index (χ2n) is 4.38. The Morgan fingerprint density at radius 2 is 1.60 bits per heavy atom. The molecule has 0 aliphatic carbocycles. The van der Waals surface area contributed by atoms with Crippen LogP contribution in [0.5, 0.6) is 5.75 Å². The molecule has 4 nitrogen and oxygen atoms in total. The third-order valence-corrected chi connectivity index (χ3v) is 5.21. The number of phenolic OH excluding ortho intramolecular Hbond substituents is 1. The number of rotatable bonds is 4. The molecule has 0 unspecified atom stereocenters. The molecule has 0 spiro atoms. The molecule has 0 atom stereocenters. The second kappa shape index (κ2) is 5.95. The van der Waals surface area contributed by atoms with E-state index in [4.69, 9.17) is 0 Å². The first-order chi connectivity index (χ1) is 9.39. The van der Waals surface area contributed by atoms with Crippen molar-refractivity contribution in [3.63, 3.8) is 0 Å². The van der Waals surface area contributed by atoms with Gasteiger partial charge in [-0.15, -0.1) is 0 Å². The van der Waals surface area contributed by atoms with Crippen molar-refractivity contribution in [3.8, 4) is 5.75 Å². The molecule has 0 saturated carbocycles. The molecule has 0 aliphatic heterocycles. The van der Waals surface area contributed by atoms with Crippen molar-refractivity contribution in [1.82, 2.24) is 4.31 Å². The first kappa shape index (κ1) is 15.0. The van der Waals surface area contributed by atoms with E-state index in [-0.39, 0.29) is 17.2 Å². The molecule has 0 aliphatic rings. The third kappa shape index (κ3) is 3.39. The number of nitrogens with zero attached hydrogens (tertiary/aromatic N) is 1. The van der Waals surface area contributed by atoms with Crippen LogP contribution in [0.25, 0.3) is 0 Å². The molecule has 2 aromatic carbocycles. The van der Waals surface area contributed by atoms with Crippen LogP contribution in [0.2, 0.25) is 0 Å². The summed E-state index contributed by atoms with van der Waals surface area (Å²) in [6, 6.07) is 13.0.